The van der Waals surface area contributed by atoms with Gasteiger partial charge in [-0.15, -0.1) is 0 Å². The van der Waals surface area contributed by atoms with E-state index >= 15 is 0 Å². The van der Waals surface area contributed by atoms with Gasteiger partial charge in [-0.25, -0.2) is 9.55 Å². The summed E-state index contributed by atoms with van der Waals surface area (Å²) in [6.07, 6.45) is 0.974. The molecule has 7 heteroatoms. The highest BCUT2D eigenvalue weighted by molar-refractivity contribution is 9.13. The van der Waals surface area contributed by atoms with Crippen LogP contribution in [0.15, 0.2) is 13.9 Å². The molecule has 14 heavy (non-hydrogen) atoms. The van der Waals surface area contributed by atoms with E-state index in [0.29, 0.717) is 13.9 Å². The van der Waals surface area contributed by atoms with Crippen molar-refractivity contribution in [2.45, 2.75) is 13.3 Å². The van der Waals surface area contributed by atoms with Crippen molar-refractivity contribution in [3.05, 3.63) is 13.9 Å². The van der Waals surface area contributed by atoms with Gasteiger partial charge in [0.15, 0.2) is 4.73 Å². The SMILES string of the molecule is CCCSC(=O)n1c(Br)nc(Br)c1Br. The highest BCUT2D eigenvalue weighted by Crippen LogP contribution is 2.28. The lowest BCUT2D eigenvalue weighted by atomic mass is 10.6. The summed E-state index contributed by atoms with van der Waals surface area (Å²) in [7, 11) is 0. The maximum atomic E-state index is 11.7. The Morgan fingerprint density at radius 1 is 1.50 bits per heavy atom. The van der Waals surface area contributed by atoms with E-state index in [-0.39, 0.29) is 5.24 Å². The third-order valence-corrected chi connectivity index (χ3v) is 4.74. The number of carbonyl (C=O) groups excluding carboxylic acids is 1. The second-order valence-electron chi connectivity index (χ2n) is 2.41. The van der Waals surface area contributed by atoms with E-state index in [9.17, 15) is 4.79 Å². The van der Waals surface area contributed by atoms with Crippen molar-refractivity contribution in [3.8, 4) is 0 Å². The molecule has 0 fully saturated rings. The smallest absolute Gasteiger partial charge is 0.261 e. The molecule has 0 radical (unpaired) electrons. The van der Waals surface area contributed by atoms with Gasteiger partial charge in [0.05, 0.1) is 0 Å². The number of nitrogens with zero attached hydrogens (tertiary/aromatic N) is 2. The number of carbonyl (C=O) groups is 1. The van der Waals surface area contributed by atoms with Crippen molar-refractivity contribution in [2.24, 2.45) is 0 Å². The normalized spacial score (nSPS) is 10.6. The quantitative estimate of drug-likeness (QED) is 0.735. The van der Waals surface area contributed by atoms with Gasteiger partial charge >= 0.3 is 0 Å². The zero-order valence-corrected chi connectivity index (χ0v) is 12.8. The summed E-state index contributed by atoms with van der Waals surface area (Å²) in [6, 6.07) is 0. The number of rotatable bonds is 2. The Bertz CT molecular complexity index is 353. The Balaban J connectivity index is 2.89. The van der Waals surface area contributed by atoms with E-state index in [0.717, 1.165) is 12.2 Å². The summed E-state index contributed by atoms with van der Waals surface area (Å²) in [6.45, 7) is 2.04. The first kappa shape index (κ1) is 12.7. The molecule has 0 unspecified atom stereocenters. The van der Waals surface area contributed by atoms with E-state index in [1.54, 1.807) is 0 Å². The predicted octanol–water partition coefficient (Wildman–Crippen LogP) is 4.28. The zero-order valence-electron chi connectivity index (χ0n) is 7.26. The van der Waals surface area contributed by atoms with Gasteiger partial charge in [-0.05, 0) is 54.2 Å². The Morgan fingerprint density at radius 3 is 2.57 bits per heavy atom. The molecule has 0 saturated heterocycles. The Labute approximate surface area is 111 Å². The monoisotopic (exact) mass is 404 g/mol. The van der Waals surface area contributed by atoms with Crippen LogP contribution < -0.4 is 0 Å². The maximum Gasteiger partial charge on any atom is 0.292 e. The molecule has 0 atom stereocenters. The van der Waals surface area contributed by atoms with Gasteiger partial charge in [-0.2, -0.15) is 0 Å². The van der Waals surface area contributed by atoms with E-state index in [1.807, 2.05) is 6.92 Å². The number of hydrogen-bond acceptors (Lipinski definition) is 3. The van der Waals surface area contributed by atoms with Crippen LogP contribution in [0.2, 0.25) is 0 Å². The van der Waals surface area contributed by atoms with Crippen LogP contribution in [0.25, 0.3) is 0 Å². The molecule has 0 aliphatic rings. The second-order valence-corrected chi connectivity index (χ2v) is 5.67. The molecule has 0 amide bonds. The van der Waals surface area contributed by atoms with Crippen molar-refractivity contribution in [3.63, 3.8) is 0 Å². The molecular weight excluding hydrogens is 400 g/mol. The first-order chi connectivity index (χ1) is 6.57. The van der Waals surface area contributed by atoms with Crippen LogP contribution in [0, 0.1) is 0 Å². The molecule has 0 aromatic carbocycles. The van der Waals surface area contributed by atoms with E-state index in [4.69, 9.17) is 0 Å². The lowest BCUT2D eigenvalue weighted by Gasteiger charge is -2.02. The van der Waals surface area contributed by atoms with Crippen molar-refractivity contribution in [1.29, 1.82) is 0 Å². The van der Waals surface area contributed by atoms with Crippen molar-refractivity contribution in [2.75, 3.05) is 5.75 Å². The van der Waals surface area contributed by atoms with Gasteiger partial charge < -0.3 is 0 Å². The van der Waals surface area contributed by atoms with Gasteiger partial charge in [-0.3, -0.25) is 4.79 Å². The molecule has 0 aliphatic carbocycles. The molecule has 1 heterocycles. The second kappa shape index (κ2) is 5.67. The molecule has 0 bridgehead atoms. The van der Waals surface area contributed by atoms with Gasteiger partial charge in [0.2, 0.25) is 0 Å². The van der Waals surface area contributed by atoms with Crippen molar-refractivity contribution < 1.29 is 4.79 Å². The third-order valence-electron chi connectivity index (χ3n) is 1.35. The fraction of sp³-hybridized carbons (Fsp3) is 0.429. The highest BCUT2D eigenvalue weighted by atomic mass is 79.9. The van der Waals surface area contributed by atoms with Crippen LogP contribution in [0.1, 0.15) is 13.3 Å². The van der Waals surface area contributed by atoms with Gasteiger partial charge in [0.25, 0.3) is 5.24 Å². The van der Waals surface area contributed by atoms with Crippen LogP contribution >= 0.6 is 59.6 Å². The summed E-state index contributed by atoms with van der Waals surface area (Å²) < 4.78 is 3.24. The topological polar surface area (TPSA) is 34.9 Å². The average Bonchev–Trinajstić information content (AvgIpc) is 2.38. The van der Waals surface area contributed by atoms with E-state index in [2.05, 4.69) is 52.8 Å². The molecule has 1 aromatic heterocycles. The van der Waals surface area contributed by atoms with Crippen LogP contribution in [0.4, 0.5) is 4.79 Å². The zero-order chi connectivity index (χ0) is 10.7. The van der Waals surface area contributed by atoms with E-state index < -0.39 is 0 Å². The van der Waals surface area contributed by atoms with Gasteiger partial charge in [0, 0.05) is 5.75 Å². The number of imidazole rings is 1. The summed E-state index contributed by atoms with van der Waals surface area (Å²) in [5.41, 5.74) is 0. The molecule has 0 N–H and O–H groups in total. The van der Waals surface area contributed by atoms with Gasteiger partial charge in [0.1, 0.15) is 9.21 Å². The Hall–Kier alpha value is 0.670. The Kier molecular flexibility index (Phi) is 5.16. The standard InChI is InChI=1S/C7H7Br3N2OS/c1-2-3-14-7(13)12-5(9)4(8)11-6(12)10/h2-3H2,1H3. The fourth-order valence-corrected chi connectivity index (χ4v) is 3.43. The van der Waals surface area contributed by atoms with Crippen LogP contribution in [-0.4, -0.2) is 20.5 Å². The van der Waals surface area contributed by atoms with Gasteiger partial charge in [-0.1, -0.05) is 18.7 Å². The minimum atomic E-state index is -0.0381. The first-order valence-electron chi connectivity index (χ1n) is 3.84. The third kappa shape index (κ3) is 2.84. The molecule has 1 aromatic rings. The molecule has 0 spiro atoms. The fourth-order valence-electron chi connectivity index (χ4n) is 0.760. The summed E-state index contributed by atoms with van der Waals surface area (Å²) in [5.74, 6) is 0.813. The van der Waals surface area contributed by atoms with Crippen molar-refractivity contribution >= 4 is 64.8 Å². The molecule has 0 saturated carbocycles. The number of thioether (sulfide) groups is 1. The number of hydrogen-bond donors (Lipinski definition) is 0. The molecule has 3 nitrogen and oxygen atoms in total. The summed E-state index contributed by atoms with van der Waals surface area (Å²) in [4.78, 5) is 15.7. The number of aromatic nitrogens is 2. The molecule has 78 valence electrons. The minimum Gasteiger partial charge on any atom is -0.261 e. The maximum absolute atomic E-state index is 11.7. The van der Waals surface area contributed by atoms with Crippen molar-refractivity contribution in [1.82, 2.24) is 9.55 Å². The largest absolute Gasteiger partial charge is 0.292 e. The van der Waals surface area contributed by atoms with E-state index in [1.165, 1.54) is 16.3 Å². The first-order valence-corrected chi connectivity index (χ1v) is 7.20. The molecule has 0 aliphatic heterocycles. The van der Waals surface area contributed by atoms with Crippen LogP contribution in [0.5, 0.6) is 0 Å². The lowest BCUT2D eigenvalue weighted by Crippen LogP contribution is -2.06. The lowest BCUT2D eigenvalue weighted by molar-refractivity contribution is 0.261. The summed E-state index contributed by atoms with van der Waals surface area (Å²) in [5, 5.41) is -0.0381. The molecule has 1 rings (SSSR count). The average molecular weight is 407 g/mol. The number of halogens is 3. The predicted molar refractivity (Wildman–Crippen MR) is 68.9 cm³/mol. The minimum absolute atomic E-state index is 0.0381. The highest BCUT2D eigenvalue weighted by Gasteiger charge is 2.17. The Morgan fingerprint density at radius 2 is 2.14 bits per heavy atom. The van der Waals surface area contributed by atoms with Crippen LogP contribution in [0.3, 0.4) is 0 Å². The summed E-state index contributed by atoms with van der Waals surface area (Å²) >= 11 is 11.0. The van der Waals surface area contributed by atoms with Crippen LogP contribution in [-0.2, 0) is 0 Å². The molecular formula is C7H7Br3N2OS.